The minimum atomic E-state index is -3.65. The van der Waals surface area contributed by atoms with Crippen LogP contribution in [0.3, 0.4) is 0 Å². The molecule has 3 heterocycles. The van der Waals surface area contributed by atoms with E-state index >= 15 is 0 Å². The molecule has 2 N–H and O–H groups in total. The maximum absolute atomic E-state index is 11.3. The fourth-order valence-corrected chi connectivity index (χ4v) is 4.19. The fourth-order valence-electron chi connectivity index (χ4n) is 2.61. The van der Waals surface area contributed by atoms with Gasteiger partial charge in [-0.1, -0.05) is 11.3 Å². The zero-order chi connectivity index (χ0) is 15.0. The van der Waals surface area contributed by atoms with Gasteiger partial charge in [0.2, 0.25) is 10.0 Å². The number of primary sulfonamides is 1. The smallest absolute Gasteiger partial charge is 0.249 e. The van der Waals surface area contributed by atoms with E-state index in [1.807, 2.05) is 19.4 Å². The second-order valence-electron chi connectivity index (χ2n) is 5.33. The van der Waals surface area contributed by atoms with Gasteiger partial charge in [-0.3, -0.25) is 4.68 Å². The van der Waals surface area contributed by atoms with Crippen LogP contribution in [0.1, 0.15) is 12.0 Å². The Morgan fingerprint density at radius 1 is 1.48 bits per heavy atom. The zero-order valence-corrected chi connectivity index (χ0v) is 13.3. The predicted octanol–water partition coefficient (Wildman–Crippen LogP) is 0.593. The molecule has 1 atom stereocenters. The SMILES string of the molecule is Cn1cc(CC2CCN(c3ncc(S(N)(=O)=O)s3)C2)cn1. The van der Waals surface area contributed by atoms with Crippen molar-refractivity contribution in [2.24, 2.45) is 18.1 Å². The van der Waals surface area contributed by atoms with Crippen molar-refractivity contribution in [3.63, 3.8) is 0 Å². The van der Waals surface area contributed by atoms with Crippen LogP contribution < -0.4 is 10.0 Å². The number of thiazole rings is 1. The molecule has 1 aliphatic rings. The summed E-state index contributed by atoms with van der Waals surface area (Å²) >= 11 is 1.13. The summed E-state index contributed by atoms with van der Waals surface area (Å²) in [7, 11) is -1.74. The second kappa shape index (κ2) is 5.39. The van der Waals surface area contributed by atoms with Crippen LogP contribution in [-0.4, -0.2) is 36.3 Å². The quantitative estimate of drug-likeness (QED) is 0.887. The molecule has 0 radical (unpaired) electrons. The van der Waals surface area contributed by atoms with Crippen molar-refractivity contribution in [1.29, 1.82) is 0 Å². The van der Waals surface area contributed by atoms with Crippen molar-refractivity contribution >= 4 is 26.5 Å². The van der Waals surface area contributed by atoms with Crippen LogP contribution in [0.4, 0.5) is 5.13 Å². The number of hydrogen-bond acceptors (Lipinski definition) is 6. The molecule has 3 rings (SSSR count). The first-order valence-electron chi connectivity index (χ1n) is 6.63. The molecule has 1 saturated heterocycles. The van der Waals surface area contributed by atoms with Crippen LogP contribution >= 0.6 is 11.3 Å². The van der Waals surface area contributed by atoms with E-state index < -0.39 is 10.0 Å². The largest absolute Gasteiger partial charge is 0.348 e. The summed E-state index contributed by atoms with van der Waals surface area (Å²) in [5.41, 5.74) is 1.23. The van der Waals surface area contributed by atoms with Crippen molar-refractivity contribution in [1.82, 2.24) is 14.8 Å². The van der Waals surface area contributed by atoms with E-state index in [0.717, 1.165) is 42.4 Å². The lowest BCUT2D eigenvalue weighted by Crippen LogP contribution is -2.19. The monoisotopic (exact) mass is 327 g/mol. The van der Waals surface area contributed by atoms with Crippen LogP contribution in [0.15, 0.2) is 22.8 Å². The Hall–Kier alpha value is -1.45. The Labute approximate surface area is 127 Å². The average molecular weight is 327 g/mol. The molecule has 2 aromatic heterocycles. The molecule has 7 nitrogen and oxygen atoms in total. The Balaban J connectivity index is 1.65. The standard InChI is InChI=1S/C12H17N5O2S2/c1-16-7-10(5-15-16)4-9-2-3-17(8-9)12-14-6-11(20-12)21(13,18)19/h5-7,9H,2-4,8H2,1H3,(H2,13,18,19). The zero-order valence-electron chi connectivity index (χ0n) is 11.6. The fraction of sp³-hybridized carbons (Fsp3) is 0.500. The van der Waals surface area contributed by atoms with Gasteiger partial charge >= 0.3 is 0 Å². The molecule has 0 aliphatic carbocycles. The highest BCUT2D eigenvalue weighted by atomic mass is 32.2. The number of nitrogens with zero attached hydrogens (tertiary/aromatic N) is 4. The molecule has 2 aromatic rings. The minimum absolute atomic E-state index is 0.119. The minimum Gasteiger partial charge on any atom is -0.348 e. The molecule has 1 fully saturated rings. The van der Waals surface area contributed by atoms with Gasteiger partial charge in [0.25, 0.3) is 0 Å². The van der Waals surface area contributed by atoms with Gasteiger partial charge in [0.1, 0.15) is 0 Å². The van der Waals surface area contributed by atoms with Crippen molar-refractivity contribution in [2.45, 2.75) is 17.1 Å². The second-order valence-corrected chi connectivity index (χ2v) is 8.13. The summed E-state index contributed by atoms with van der Waals surface area (Å²) in [6, 6.07) is 0. The van der Waals surface area contributed by atoms with E-state index in [4.69, 9.17) is 5.14 Å². The van der Waals surface area contributed by atoms with Crippen LogP contribution in [0.25, 0.3) is 0 Å². The number of sulfonamides is 1. The molecule has 0 saturated carbocycles. The molecule has 0 amide bonds. The molecular formula is C12H17N5O2S2. The van der Waals surface area contributed by atoms with Crippen LogP contribution in [0.2, 0.25) is 0 Å². The van der Waals surface area contributed by atoms with E-state index in [9.17, 15) is 8.42 Å². The van der Waals surface area contributed by atoms with Gasteiger partial charge in [0.15, 0.2) is 9.34 Å². The summed E-state index contributed by atoms with van der Waals surface area (Å²) < 4.78 is 24.5. The third-order valence-electron chi connectivity index (χ3n) is 3.59. The Bertz CT molecular complexity index is 736. The van der Waals surface area contributed by atoms with Gasteiger partial charge in [-0.25, -0.2) is 18.5 Å². The maximum Gasteiger partial charge on any atom is 0.249 e. The predicted molar refractivity (Wildman–Crippen MR) is 80.7 cm³/mol. The number of aryl methyl sites for hydroxylation is 1. The number of anilines is 1. The molecule has 0 bridgehead atoms. The van der Waals surface area contributed by atoms with Crippen molar-refractivity contribution in [2.75, 3.05) is 18.0 Å². The highest BCUT2D eigenvalue weighted by Gasteiger charge is 2.26. The van der Waals surface area contributed by atoms with Gasteiger partial charge in [0, 0.05) is 26.3 Å². The Morgan fingerprint density at radius 3 is 2.90 bits per heavy atom. The summed E-state index contributed by atoms with van der Waals surface area (Å²) in [5.74, 6) is 0.538. The summed E-state index contributed by atoms with van der Waals surface area (Å²) in [4.78, 5) is 6.30. The van der Waals surface area contributed by atoms with Gasteiger partial charge in [0.05, 0.1) is 12.4 Å². The van der Waals surface area contributed by atoms with Crippen molar-refractivity contribution in [3.05, 3.63) is 24.2 Å². The van der Waals surface area contributed by atoms with Gasteiger partial charge < -0.3 is 4.90 Å². The highest BCUT2D eigenvalue weighted by Crippen LogP contribution is 2.30. The van der Waals surface area contributed by atoms with E-state index in [0.29, 0.717) is 5.92 Å². The molecule has 1 aliphatic heterocycles. The summed E-state index contributed by atoms with van der Waals surface area (Å²) in [5, 5.41) is 10.0. The van der Waals surface area contributed by atoms with Crippen LogP contribution in [0, 0.1) is 5.92 Å². The first kappa shape index (κ1) is 14.5. The first-order chi connectivity index (χ1) is 9.91. The molecule has 9 heteroatoms. The highest BCUT2D eigenvalue weighted by molar-refractivity contribution is 7.91. The average Bonchev–Trinajstić information content (AvgIpc) is 3.08. The number of hydrogen-bond donors (Lipinski definition) is 1. The first-order valence-corrected chi connectivity index (χ1v) is 8.99. The van der Waals surface area contributed by atoms with Gasteiger partial charge in [-0.2, -0.15) is 5.10 Å². The topological polar surface area (TPSA) is 94.1 Å². The summed E-state index contributed by atoms with van der Waals surface area (Å²) in [6.07, 6.45) is 7.32. The number of aromatic nitrogens is 3. The molecule has 0 spiro atoms. The van der Waals surface area contributed by atoms with E-state index in [1.165, 1.54) is 11.8 Å². The lowest BCUT2D eigenvalue weighted by Gasteiger charge is -2.14. The molecule has 114 valence electrons. The lowest BCUT2D eigenvalue weighted by atomic mass is 10.0. The van der Waals surface area contributed by atoms with Crippen molar-refractivity contribution < 1.29 is 8.42 Å². The Morgan fingerprint density at radius 2 is 2.29 bits per heavy atom. The van der Waals surface area contributed by atoms with Crippen molar-refractivity contribution in [3.8, 4) is 0 Å². The number of rotatable bonds is 4. The molecule has 0 aromatic carbocycles. The summed E-state index contributed by atoms with van der Waals surface area (Å²) in [6.45, 7) is 1.77. The number of nitrogens with two attached hydrogens (primary N) is 1. The van der Waals surface area contributed by atoms with Crippen LogP contribution in [0.5, 0.6) is 0 Å². The van der Waals surface area contributed by atoms with E-state index in [1.54, 1.807) is 4.68 Å². The third kappa shape index (κ3) is 3.25. The molecular weight excluding hydrogens is 310 g/mol. The third-order valence-corrected chi connectivity index (χ3v) is 6.06. The van der Waals surface area contributed by atoms with E-state index in [2.05, 4.69) is 15.0 Å². The van der Waals surface area contributed by atoms with Gasteiger partial charge in [-0.05, 0) is 24.3 Å². The molecule has 1 unspecified atom stereocenters. The Kier molecular flexibility index (Phi) is 3.72. The van der Waals surface area contributed by atoms with Gasteiger partial charge in [-0.15, -0.1) is 0 Å². The normalized spacial score (nSPS) is 19.3. The maximum atomic E-state index is 11.3. The molecule has 21 heavy (non-hydrogen) atoms. The van der Waals surface area contributed by atoms with E-state index in [-0.39, 0.29) is 4.21 Å². The lowest BCUT2D eigenvalue weighted by molar-refractivity contribution is 0.586. The van der Waals surface area contributed by atoms with Crippen LogP contribution in [-0.2, 0) is 23.5 Å².